The summed E-state index contributed by atoms with van der Waals surface area (Å²) in [6, 6.07) is 9.30. The average molecular weight is 257 g/mol. The summed E-state index contributed by atoms with van der Waals surface area (Å²) in [6.07, 6.45) is 2.91. The van der Waals surface area contributed by atoms with E-state index in [1.807, 2.05) is 30.3 Å². The third-order valence-corrected chi connectivity index (χ3v) is 3.60. The second kappa shape index (κ2) is 4.97. The molecule has 0 spiro atoms. The van der Waals surface area contributed by atoms with Gasteiger partial charge in [0.15, 0.2) is 0 Å². The van der Waals surface area contributed by atoms with Crippen molar-refractivity contribution in [3.63, 3.8) is 0 Å². The predicted molar refractivity (Wildman–Crippen MR) is 70.1 cm³/mol. The molecule has 4 nitrogen and oxygen atoms in total. The highest BCUT2D eigenvalue weighted by atomic mass is 16.5. The first-order chi connectivity index (χ1) is 9.27. The van der Waals surface area contributed by atoms with Gasteiger partial charge < -0.3 is 4.74 Å². The monoisotopic (exact) mass is 257 g/mol. The molecule has 0 unspecified atom stereocenters. The Hall–Kier alpha value is -1.94. The maximum atomic E-state index is 12.4. The van der Waals surface area contributed by atoms with Crippen LogP contribution in [0.15, 0.2) is 36.4 Å². The van der Waals surface area contributed by atoms with Crippen molar-refractivity contribution in [1.82, 2.24) is 4.90 Å². The molecular formula is C15H15NO3. The van der Waals surface area contributed by atoms with E-state index in [9.17, 15) is 9.59 Å². The van der Waals surface area contributed by atoms with Gasteiger partial charge in [0.1, 0.15) is 0 Å². The van der Waals surface area contributed by atoms with Crippen molar-refractivity contribution in [2.24, 2.45) is 0 Å². The van der Waals surface area contributed by atoms with Crippen LogP contribution >= 0.6 is 0 Å². The number of nitrogens with zero attached hydrogens (tertiary/aromatic N) is 1. The first-order valence-electron chi connectivity index (χ1n) is 6.50. The summed E-state index contributed by atoms with van der Waals surface area (Å²) < 4.78 is 5.27. The van der Waals surface area contributed by atoms with Crippen LogP contribution in [0, 0.1) is 0 Å². The van der Waals surface area contributed by atoms with Crippen LogP contribution in [0.2, 0.25) is 0 Å². The number of imide groups is 1. The third-order valence-electron chi connectivity index (χ3n) is 3.60. The second-order valence-electron chi connectivity index (χ2n) is 4.78. The van der Waals surface area contributed by atoms with Gasteiger partial charge >= 0.3 is 0 Å². The maximum Gasteiger partial charge on any atom is 0.261 e. The summed E-state index contributed by atoms with van der Waals surface area (Å²) >= 11 is 0. The highest BCUT2D eigenvalue weighted by Crippen LogP contribution is 2.27. The number of carbonyl (C=O) groups is 2. The molecule has 0 N–H and O–H groups in total. The lowest BCUT2D eigenvalue weighted by Crippen LogP contribution is -2.43. The molecule has 0 saturated carbocycles. The van der Waals surface area contributed by atoms with Crippen LogP contribution in [-0.4, -0.2) is 36.0 Å². The molecule has 0 aliphatic carbocycles. The molecule has 2 amide bonds. The van der Waals surface area contributed by atoms with Crippen LogP contribution in [0.25, 0.3) is 5.57 Å². The van der Waals surface area contributed by atoms with Gasteiger partial charge in [-0.3, -0.25) is 14.5 Å². The van der Waals surface area contributed by atoms with Crippen molar-refractivity contribution < 1.29 is 14.3 Å². The molecule has 1 fully saturated rings. The number of carbonyl (C=O) groups excluding carboxylic acids is 2. The summed E-state index contributed by atoms with van der Waals surface area (Å²) in [7, 11) is 0. The first kappa shape index (κ1) is 12.1. The van der Waals surface area contributed by atoms with Crippen molar-refractivity contribution in [2.45, 2.75) is 18.9 Å². The molecule has 0 atom stereocenters. The molecule has 1 aromatic rings. The minimum atomic E-state index is -0.198. The van der Waals surface area contributed by atoms with Gasteiger partial charge in [0.05, 0.1) is 5.57 Å². The summed E-state index contributed by atoms with van der Waals surface area (Å²) in [4.78, 5) is 25.9. The zero-order valence-electron chi connectivity index (χ0n) is 10.5. The van der Waals surface area contributed by atoms with Crippen molar-refractivity contribution in [2.75, 3.05) is 13.2 Å². The Kier molecular flexibility index (Phi) is 3.17. The van der Waals surface area contributed by atoms with Gasteiger partial charge in [-0.15, -0.1) is 0 Å². The molecule has 0 bridgehead atoms. The summed E-state index contributed by atoms with van der Waals surface area (Å²) in [5.74, 6) is -0.376. The molecule has 19 heavy (non-hydrogen) atoms. The van der Waals surface area contributed by atoms with Crippen LogP contribution in [-0.2, 0) is 14.3 Å². The molecule has 1 aromatic carbocycles. The van der Waals surface area contributed by atoms with Crippen LogP contribution < -0.4 is 0 Å². The van der Waals surface area contributed by atoms with Crippen LogP contribution in [0.3, 0.4) is 0 Å². The Balaban J connectivity index is 1.85. The van der Waals surface area contributed by atoms with Crippen molar-refractivity contribution in [3.05, 3.63) is 42.0 Å². The smallest absolute Gasteiger partial charge is 0.261 e. The Bertz CT molecular complexity index is 530. The van der Waals surface area contributed by atoms with Crippen molar-refractivity contribution in [1.29, 1.82) is 0 Å². The zero-order chi connectivity index (χ0) is 13.2. The fourth-order valence-corrected chi connectivity index (χ4v) is 2.60. The van der Waals surface area contributed by atoms with E-state index in [4.69, 9.17) is 4.74 Å². The van der Waals surface area contributed by atoms with Gasteiger partial charge in [-0.1, -0.05) is 30.3 Å². The van der Waals surface area contributed by atoms with Crippen molar-refractivity contribution in [3.8, 4) is 0 Å². The molecule has 2 aliphatic heterocycles. The van der Waals surface area contributed by atoms with E-state index < -0.39 is 0 Å². The highest BCUT2D eigenvalue weighted by Gasteiger charge is 2.37. The Morgan fingerprint density at radius 2 is 1.74 bits per heavy atom. The average Bonchev–Trinajstić information content (AvgIpc) is 2.76. The molecular weight excluding hydrogens is 242 g/mol. The summed E-state index contributed by atoms with van der Waals surface area (Å²) in [6.45, 7) is 1.23. The van der Waals surface area contributed by atoms with Crippen LogP contribution in [0.1, 0.15) is 18.4 Å². The van der Waals surface area contributed by atoms with Gasteiger partial charge in [-0.05, 0) is 18.4 Å². The van der Waals surface area contributed by atoms with Crippen LogP contribution in [0.5, 0.6) is 0 Å². The molecule has 0 aromatic heterocycles. The SMILES string of the molecule is O=C1C=C(c2ccccc2)C(=O)N1C1CCOCC1. The summed E-state index contributed by atoms with van der Waals surface area (Å²) in [5, 5.41) is 0. The van der Waals surface area contributed by atoms with Gasteiger partial charge in [-0.25, -0.2) is 0 Å². The molecule has 0 radical (unpaired) electrons. The Morgan fingerprint density at radius 1 is 1.05 bits per heavy atom. The molecule has 4 heteroatoms. The largest absolute Gasteiger partial charge is 0.381 e. The van der Waals surface area contributed by atoms with E-state index in [1.54, 1.807) is 0 Å². The van der Waals surface area contributed by atoms with Crippen LogP contribution in [0.4, 0.5) is 0 Å². The third kappa shape index (κ3) is 2.19. The predicted octanol–water partition coefficient (Wildman–Crippen LogP) is 1.62. The fourth-order valence-electron chi connectivity index (χ4n) is 2.60. The standard InChI is InChI=1S/C15H15NO3/c17-14-10-13(11-4-2-1-3-5-11)15(18)16(14)12-6-8-19-9-7-12/h1-5,10,12H,6-9H2. The topological polar surface area (TPSA) is 46.6 Å². The van der Waals surface area contributed by atoms with E-state index in [1.165, 1.54) is 11.0 Å². The minimum Gasteiger partial charge on any atom is -0.381 e. The van der Waals surface area contributed by atoms with Gasteiger partial charge in [-0.2, -0.15) is 0 Å². The van der Waals surface area contributed by atoms with E-state index in [-0.39, 0.29) is 17.9 Å². The maximum absolute atomic E-state index is 12.4. The lowest BCUT2D eigenvalue weighted by Gasteiger charge is -2.29. The lowest BCUT2D eigenvalue weighted by molar-refractivity contribution is -0.141. The molecule has 2 aliphatic rings. The number of benzene rings is 1. The number of ether oxygens (including phenoxy) is 1. The van der Waals surface area contributed by atoms with E-state index in [0.717, 1.165) is 18.4 Å². The number of hydrogen-bond acceptors (Lipinski definition) is 3. The first-order valence-corrected chi connectivity index (χ1v) is 6.50. The minimum absolute atomic E-state index is 0.0220. The van der Waals surface area contributed by atoms with E-state index in [0.29, 0.717) is 18.8 Å². The number of hydrogen-bond donors (Lipinski definition) is 0. The highest BCUT2D eigenvalue weighted by molar-refractivity contribution is 6.33. The second-order valence-corrected chi connectivity index (χ2v) is 4.78. The van der Waals surface area contributed by atoms with Gasteiger partial charge in [0.25, 0.3) is 11.8 Å². The Labute approximate surface area is 111 Å². The summed E-state index contributed by atoms with van der Waals surface area (Å²) in [5.41, 5.74) is 1.30. The number of amides is 2. The molecule has 1 saturated heterocycles. The quantitative estimate of drug-likeness (QED) is 0.756. The molecule has 98 valence electrons. The van der Waals surface area contributed by atoms with E-state index in [2.05, 4.69) is 0 Å². The van der Waals surface area contributed by atoms with E-state index >= 15 is 0 Å². The Morgan fingerprint density at radius 3 is 2.42 bits per heavy atom. The zero-order valence-corrected chi connectivity index (χ0v) is 10.5. The molecule has 3 rings (SSSR count). The normalized spacial score (nSPS) is 20.8. The molecule has 2 heterocycles. The van der Waals surface area contributed by atoms with Crippen molar-refractivity contribution >= 4 is 17.4 Å². The fraction of sp³-hybridized carbons (Fsp3) is 0.333. The number of rotatable bonds is 2. The lowest BCUT2D eigenvalue weighted by atomic mass is 10.0. The van der Waals surface area contributed by atoms with Gasteiger partial charge in [0, 0.05) is 25.3 Å². The van der Waals surface area contributed by atoms with Gasteiger partial charge in [0.2, 0.25) is 0 Å².